The SMILES string of the molecule is CCC(CC(O[Si](CC)(CC)CC)c1ccc2c(c1)-c1ccccc1C2)C1=CC=CC1. The van der Waals surface area contributed by atoms with E-state index in [1.165, 1.54) is 52.4 Å². The molecule has 1 nitrogen and oxygen atoms in total. The van der Waals surface area contributed by atoms with Crippen LogP contribution in [-0.2, 0) is 10.8 Å². The number of benzene rings is 2. The highest BCUT2D eigenvalue weighted by Gasteiger charge is 2.34. The van der Waals surface area contributed by atoms with Crippen molar-refractivity contribution in [2.24, 2.45) is 5.92 Å². The van der Waals surface area contributed by atoms with Crippen LogP contribution in [0.4, 0.5) is 0 Å². The van der Waals surface area contributed by atoms with Crippen LogP contribution in [0.5, 0.6) is 0 Å². The predicted molar refractivity (Wildman–Crippen MR) is 136 cm³/mol. The van der Waals surface area contributed by atoms with E-state index in [4.69, 9.17) is 4.43 Å². The van der Waals surface area contributed by atoms with Gasteiger partial charge in [0.15, 0.2) is 8.32 Å². The maximum Gasteiger partial charge on any atom is 0.192 e. The number of fused-ring (bicyclic) bond motifs is 3. The monoisotopic (exact) mass is 430 g/mol. The Bertz CT molecular complexity index is 958. The van der Waals surface area contributed by atoms with Gasteiger partial charge in [-0.3, -0.25) is 0 Å². The molecule has 2 atom stereocenters. The standard InChI is InChI=1S/C29H38OSi/c1-5-22(23-13-9-10-14-23)21-29(30-31(6-2,7-3)8-4)26-18-17-25-19-24-15-11-12-16-27(24)28(25)20-26/h9-13,15-18,20,22,29H,5-8,14,19,21H2,1-4H3. The zero-order valence-electron chi connectivity index (χ0n) is 19.8. The minimum atomic E-state index is -1.71. The molecule has 2 aromatic rings. The first-order valence-corrected chi connectivity index (χ1v) is 14.9. The summed E-state index contributed by atoms with van der Waals surface area (Å²) in [7, 11) is -1.71. The van der Waals surface area contributed by atoms with Gasteiger partial charge in [-0.1, -0.05) is 87.9 Å². The number of rotatable bonds is 10. The van der Waals surface area contributed by atoms with Crippen LogP contribution in [0.2, 0.25) is 18.1 Å². The van der Waals surface area contributed by atoms with Crippen LogP contribution in [0.15, 0.2) is 66.3 Å². The molecule has 0 bridgehead atoms. The molecule has 0 saturated heterocycles. The Morgan fingerprint density at radius 3 is 2.32 bits per heavy atom. The molecule has 2 aliphatic carbocycles. The van der Waals surface area contributed by atoms with E-state index in [-0.39, 0.29) is 6.10 Å². The third-order valence-corrected chi connectivity index (χ3v) is 12.5. The summed E-state index contributed by atoms with van der Waals surface area (Å²) in [6.45, 7) is 9.37. The van der Waals surface area contributed by atoms with Crippen molar-refractivity contribution in [2.75, 3.05) is 0 Å². The Morgan fingerprint density at radius 1 is 0.903 bits per heavy atom. The highest BCUT2D eigenvalue weighted by molar-refractivity contribution is 6.73. The van der Waals surface area contributed by atoms with Gasteiger partial charge in [0.25, 0.3) is 0 Å². The molecule has 2 heteroatoms. The van der Waals surface area contributed by atoms with Gasteiger partial charge in [0, 0.05) is 0 Å². The van der Waals surface area contributed by atoms with Crippen molar-refractivity contribution >= 4 is 8.32 Å². The fourth-order valence-corrected chi connectivity index (χ4v) is 8.34. The maximum absolute atomic E-state index is 7.20. The number of hydrogen-bond acceptors (Lipinski definition) is 1. The molecule has 2 unspecified atom stereocenters. The molecule has 2 aromatic carbocycles. The molecule has 0 spiro atoms. The molecule has 4 rings (SSSR count). The molecule has 0 fully saturated rings. The quantitative estimate of drug-likeness (QED) is 0.292. The van der Waals surface area contributed by atoms with Gasteiger partial charge in [0.1, 0.15) is 0 Å². The van der Waals surface area contributed by atoms with E-state index in [0.29, 0.717) is 5.92 Å². The fourth-order valence-electron chi connectivity index (χ4n) is 5.50. The van der Waals surface area contributed by atoms with Crippen LogP contribution in [0, 0.1) is 5.92 Å². The third-order valence-electron chi connectivity index (χ3n) is 7.84. The molecule has 0 heterocycles. The van der Waals surface area contributed by atoms with E-state index < -0.39 is 8.32 Å². The van der Waals surface area contributed by atoms with Crippen LogP contribution in [0.3, 0.4) is 0 Å². The molecular formula is C29H38OSi. The summed E-state index contributed by atoms with van der Waals surface area (Å²) in [5.41, 5.74) is 8.72. The highest BCUT2D eigenvalue weighted by atomic mass is 28.4. The molecule has 0 amide bonds. The summed E-state index contributed by atoms with van der Waals surface area (Å²) in [5.74, 6) is 0.595. The van der Waals surface area contributed by atoms with Crippen LogP contribution in [0.25, 0.3) is 11.1 Å². The molecule has 0 N–H and O–H groups in total. The Balaban J connectivity index is 1.69. The summed E-state index contributed by atoms with van der Waals surface area (Å²) in [6.07, 6.45) is 11.5. The zero-order valence-corrected chi connectivity index (χ0v) is 20.8. The van der Waals surface area contributed by atoms with Gasteiger partial charge in [-0.05, 0) is 83.6 Å². The zero-order chi connectivity index (χ0) is 21.8. The van der Waals surface area contributed by atoms with Crippen LogP contribution < -0.4 is 0 Å². The average Bonchev–Trinajstić information content (AvgIpc) is 3.47. The van der Waals surface area contributed by atoms with Crippen molar-refractivity contribution in [3.05, 3.63) is 83.0 Å². The first-order valence-electron chi connectivity index (χ1n) is 12.4. The highest BCUT2D eigenvalue weighted by Crippen LogP contribution is 2.42. The van der Waals surface area contributed by atoms with Gasteiger partial charge >= 0.3 is 0 Å². The smallest absolute Gasteiger partial charge is 0.192 e. The summed E-state index contributed by atoms with van der Waals surface area (Å²) >= 11 is 0. The van der Waals surface area contributed by atoms with E-state index in [1.54, 1.807) is 5.57 Å². The van der Waals surface area contributed by atoms with Crippen molar-refractivity contribution in [1.29, 1.82) is 0 Å². The Hall–Kier alpha value is -1.90. The first kappa shape index (κ1) is 22.3. The van der Waals surface area contributed by atoms with E-state index in [2.05, 4.69) is 88.4 Å². The number of allylic oxidation sites excluding steroid dienone is 4. The molecule has 0 aromatic heterocycles. The molecule has 0 aliphatic heterocycles. The molecule has 0 radical (unpaired) electrons. The second-order valence-electron chi connectivity index (χ2n) is 9.32. The lowest BCUT2D eigenvalue weighted by Gasteiger charge is -2.35. The van der Waals surface area contributed by atoms with Crippen molar-refractivity contribution in [3.63, 3.8) is 0 Å². The molecule has 164 valence electrons. The summed E-state index contributed by atoms with van der Waals surface area (Å²) in [5, 5.41) is 0. The van der Waals surface area contributed by atoms with E-state index in [9.17, 15) is 0 Å². The topological polar surface area (TPSA) is 9.23 Å². The minimum Gasteiger partial charge on any atom is -0.410 e. The Morgan fingerprint density at radius 2 is 1.65 bits per heavy atom. The van der Waals surface area contributed by atoms with E-state index >= 15 is 0 Å². The summed E-state index contributed by atoms with van der Waals surface area (Å²) in [4.78, 5) is 0. The van der Waals surface area contributed by atoms with Crippen LogP contribution >= 0.6 is 0 Å². The second-order valence-corrected chi connectivity index (χ2v) is 14.0. The van der Waals surface area contributed by atoms with Gasteiger partial charge in [-0.15, -0.1) is 0 Å². The van der Waals surface area contributed by atoms with Gasteiger partial charge in [0.05, 0.1) is 6.10 Å². The van der Waals surface area contributed by atoms with Gasteiger partial charge in [-0.25, -0.2) is 0 Å². The van der Waals surface area contributed by atoms with E-state index in [1.807, 2.05) is 0 Å². The van der Waals surface area contributed by atoms with Crippen molar-refractivity contribution in [1.82, 2.24) is 0 Å². The lowest BCUT2D eigenvalue weighted by Crippen LogP contribution is -2.37. The molecule has 31 heavy (non-hydrogen) atoms. The number of hydrogen-bond donors (Lipinski definition) is 0. The van der Waals surface area contributed by atoms with E-state index in [0.717, 1.165) is 19.3 Å². The Labute approximate surface area is 190 Å². The Kier molecular flexibility index (Phi) is 6.98. The molecule has 2 aliphatic rings. The largest absolute Gasteiger partial charge is 0.410 e. The normalized spacial score (nSPS) is 16.7. The van der Waals surface area contributed by atoms with Gasteiger partial charge in [-0.2, -0.15) is 0 Å². The maximum atomic E-state index is 7.20. The first-order chi connectivity index (χ1) is 15.1. The van der Waals surface area contributed by atoms with Crippen LogP contribution in [0.1, 0.15) is 69.8 Å². The van der Waals surface area contributed by atoms with Crippen molar-refractivity contribution in [3.8, 4) is 11.1 Å². The average molecular weight is 431 g/mol. The lowest BCUT2D eigenvalue weighted by atomic mass is 9.87. The lowest BCUT2D eigenvalue weighted by molar-refractivity contribution is 0.161. The minimum absolute atomic E-state index is 0.191. The summed E-state index contributed by atoms with van der Waals surface area (Å²) < 4.78 is 7.20. The molecular weight excluding hydrogens is 392 g/mol. The third kappa shape index (κ3) is 4.52. The second kappa shape index (κ2) is 9.71. The molecule has 0 saturated carbocycles. The fraction of sp³-hybridized carbons (Fsp3) is 0.448. The predicted octanol–water partition coefficient (Wildman–Crippen LogP) is 8.62. The van der Waals surface area contributed by atoms with Crippen LogP contribution in [-0.4, -0.2) is 8.32 Å². The van der Waals surface area contributed by atoms with Crippen molar-refractivity contribution < 1.29 is 4.43 Å². The summed E-state index contributed by atoms with van der Waals surface area (Å²) in [6, 6.07) is 19.7. The van der Waals surface area contributed by atoms with Crippen molar-refractivity contribution in [2.45, 2.75) is 77.6 Å². The van der Waals surface area contributed by atoms with Gasteiger partial charge in [0.2, 0.25) is 0 Å². The van der Waals surface area contributed by atoms with Gasteiger partial charge < -0.3 is 4.43 Å².